The van der Waals surface area contributed by atoms with E-state index in [0.29, 0.717) is 0 Å². The molecule has 55 valence electrons. The molecule has 0 saturated heterocycles. The molecule has 1 N–H and O–H groups in total. The van der Waals surface area contributed by atoms with Crippen molar-refractivity contribution in [3.05, 3.63) is 42.8 Å². The molecule has 3 nitrogen and oxygen atoms in total. The Labute approximate surface area is 64.8 Å². The minimum Gasteiger partial charge on any atom is -0.395 e. The second-order valence-corrected chi connectivity index (χ2v) is 2.12. The molecule has 11 heavy (non-hydrogen) atoms. The van der Waals surface area contributed by atoms with Crippen molar-refractivity contribution >= 4 is 5.69 Å². The minimum absolute atomic E-state index is 1.03. The summed E-state index contributed by atoms with van der Waals surface area (Å²) in [6, 6.07) is 10.5. The van der Waals surface area contributed by atoms with E-state index in [1.807, 2.05) is 24.3 Å². The Balaban J connectivity index is 2.23. The van der Waals surface area contributed by atoms with Crippen LogP contribution in [-0.4, -0.2) is 0 Å². The van der Waals surface area contributed by atoms with E-state index in [9.17, 15) is 0 Å². The summed E-state index contributed by atoms with van der Waals surface area (Å²) in [6.45, 7) is 0. The molecule has 0 fully saturated rings. The number of nitrogens with zero attached hydrogens (tertiary/aromatic N) is 1. The van der Waals surface area contributed by atoms with E-state index in [1.54, 1.807) is 17.5 Å². The van der Waals surface area contributed by atoms with Gasteiger partial charge < -0.3 is 4.84 Å². The highest BCUT2D eigenvalue weighted by Gasteiger charge is 2.04. The maximum Gasteiger partial charge on any atom is 0.131 e. The van der Waals surface area contributed by atoms with E-state index in [2.05, 4.69) is 11.7 Å². The maximum atomic E-state index is 4.80. The van der Waals surface area contributed by atoms with Gasteiger partial charge in [0.25, 0.3) is 0 Å². The first-order chi connectivity index (χ1) is 5.47. The van der Waals surface area contributed by atoms with Crippen LogP contribution >= 0.6 is 0 Å². The predicted octanol–water partition coefficient (Wildman–Crippen LogP) is 1.21. The zero-order valence-corrected chi connectivity index (χ0v) is 5.82. The lowest BCUT2D eigenvalue weighted by atomic mass is 10.3. The number of anilines is 1. The Hall–Kier alpha value is -1.48. The normalized spacial score (nSPS) is 15.1. The van der Waals surface area contributed by atoms with Crippen molar-refractivity contribution in [3.63, 3.8) is 0 Å². The van der Waals surface area contributed by atoms with Crippen LogP contribution in [-0.2, 0) is 4.84 Å². The minimum atomic E-state index is 1.03. The van der Waals surface area contributed by atoms with Crippen molar-refractivity contribution in [3.8, 4) is 0 Å². The fraction of sp³-hybridized carbons (Fsp3) is 0. The van der Waals surface area contributed by atoms with E-state index >= 15 is 0 Å². The zero-order valence-electron chi connectivity index (χ0n) is 5.82. The van der Waals surface area contributed by atoms with Crippen molar-refractivity contribution in [1.82, 2.24) is 5.59 Å². The highest BCUT2D eigenvalue weighted by Crippen LogP contribution is 2.12. The summed E-state index contributed by atoms with van der Waals surface area (Å²) in [5.41, 5.74) is 3.71. The van der Waals surface area contributed by atoms with Gasteiger partial charge in [0.05, 0.1) is 11.9 Å². The molecule has 1 aromatic rings. The molecule has 2 rings (SSSR count). The van der Waals surface area contributed by atoms with Crippen molar-refractivity contribution in [2.75, 3.05) is 5.01 Å². The summed E-state index contributed by atoms with van der Waals surface area (Å²) >= 11 is 0. The van der Waals surface area contributed by atoms with Gasteiger partial charge in [0, 0.05) is 0 Å². The average Bonchev–Trinajstić information content (AvgIpc) is 2.58. The second-order valence-electron chi connectivity index (χ2n) is 2.12. The second kappa shape index (κ2) is 2.64. The molecule has 0 unspecified atom stereocenters. The van der Waals surface area contributed by atoms with E-state index in [0.717, 1.165) is 5.69 Å². The summed E-state index contributed by atoms with van der Waals surface area (Å²) in [5.74, 6) is 0. The van der Waals surface area contributed by atoms with Crippen molar-refractivity contribution < 1.29 is 4.84 Å². The largest absolute Gasteiger partial charge is 0.395 e. The van der Waals surface area contributed by atoms with E-state index in [-0.39, 0.29) is 0 Å². The highest BCUT2D eigenvalue weighted by molar-refractivity contribution is 5.47. The molecule has 0 bridgehead atoms. The lowest BCUT2D eigenvalue weighted by Crippen LogP contribution is -2.26. The Morgan fingerprint density at radius 2 is 2.18 bits per heavy atom. The first-order valence-electron chi connectivity index (χ1n) is 3.30. The van der Waals surface area contributed by atoms with Gasteiger partial charge in [-0.2, -0.15) is 0 Å². The average molecular weight is 147 g/mol. The Morgan fingerprint density at radius 1 is 1.36 bits per heavy atom. The molecule has 3 heteroatoms. The van der Waals surface area contributed by atoms with Crippen molar-refractivity contribution in [2.45, 2.75) is 0 Å². The topological polar surface area (TPSA) is 24.5 Å². The molecule has 1 aliphatic heterocycles. The SMILES string of the molecule is [c]1ccc(N2C=CON2)cc1. The van der Waals surface area contributed by atoms with Gasteiger partial charge in [-0.3, -0.25) is 0 Å². The molecule has 1 aliphatic rings. The van der Waals surface area contributed by atoms with Gasteiger partial charge in [0.2, 0.25) is 0 Å². The van der Waals surface area contributed by atoms with Crippen LogP contribution in [0.1, 0.15) is 0 Å². The molecule has 0 aromatic heterocycles. The van der Waals surface area contributed by atoms with Crippen LogP contribution in [0.4, 0.5) is 5.69 Å². The summed E-state index contributed by atoms with van der Waals surface area (Å²) in [6.07, 6.45) is 3.38. The molecule has 0 amide bonds. The highest BCUT2D eigenvalue weighted by atomic mass is 16.7. The zero-order chi connectivity index (χ0) is 7.52. The van der Waals surface area contributed by atoms with Gasteiger partial charge in [-0.05, 0) is 18.2 Å². The lowest BCUT2D eigenvalue weighted by molar-refractivity contribution is 0.159. The number of benzene rings is 1. The quantitative estimate of drug-likeness (QED) is 0.646. The fourth-order valence-electron chi connectivity index (χ4n) is 0.886. The molecule has 0 atom stereocenters. The van der Waals surface area contributed by atoms with Crippen LogP contribution in [0.15, 0.2) is 36.7 Å². The number of hydrazine groups is 1. The van der Waals surface area contributed by atoms with Gasteiger partial charge in [-0.15, -0.1) is 0 Å². The third-order valence-corrected chi connectivity index (χ3v) is 1.41. The van der Waals surface area contributed by atoms with Crippen molar-refractivity contribution in [2.24, 2.45) is 0 Å². The van der Waals surface area contributed by atoms with Gasteiger partial charge >= 0.3 is 0 Å². The number of hydrogen-bond acceptors (Lipinski definition) is 3. The summed E-state index contributed by atoms with van der Waals surface area (Å²) < 4.78 is 0. The van der Waals surface area contributed by atoms with E-state index < -0.39 is 0 Å². The first kappa shape index (κ1) is 6.24. The number of hydrogen-bond donors (Lipinski definition) is 1. The monoisotopic (exact) mass is 147 g/mol. The van der Waals surface area contributed by atoms with Gasteiger partial charge in [-0.1, -0.05) is 17.7 Å². The maximum absolute atomic E-state index is 4.80. The Morgan fingerprint density at radius 3 is 2.82 bits per heavy atom. The van der Waals surface area contributed by atoms with Crippen LogP contribution in [0.25, 0.3) is 0 Å². The number of rotatable bonds is 1. The summed E-state index contributed by atoms with van der Waals surface area (Å²) in [4.78, 5) is 4.80. The molecule has 0 aliphatic carbocycles. The van der Waals surface area contributed by atoms with Crippen LogP contribution < -0.4 is 10.6 Å². The van der Waals surface area contributed by atoms with Crippen molar-refractivity contribution in [1.29, 1.82) is 0 Å². The van der Waals surface area contributed by atoms with Crippen LogP contribution in [0.3, 0.4) is 0 Å². The van der Waals surface area contributed by atoms with Crippen LogP contribution in [0.2, 0.25) is 0 Å². The predicted molar refractivity (Wildman–Crippen MR) is 41.1 cm³/mol. The van der Waals surface area contributed by atoms with E-state index in [4.69, 9.17) is 4.84 Å². The first-order valence-corrected chi connectivity index (χ1v) is 3.30. The third kappa shape index (κ3) is 1.18. The van der Waals surface area contributed by atoms with Gasteiger partial charge in [0.15, 0.2) is 0 Å². The molecule has 1 radical (unpaired) electrons. The third-order valence-electron chi connectivity index (χ3n) is 1.41. The molecular weight excluding hydrogens is 140 g/mol. The molecule has 1 heterocycles. The summed E-state index contributed by atoms with van der Waals surface area (Å²) in [7, 11) is 0. The molecule has 0 spiro atoms. The van der Waals surface area contributed by atoms with Crippen LogP contribution in [0.5, 0.6) is 0 Å². The molecule has 0 saturated carbocycles. The van der Waals surface area contributed by atoms with E-state index in [1.165, 1.54) is 0 Å². The Bertz CT molecular complexity index is 258. The summed E-state index contributed by atoms with van der Waals surface area (Å²) in [5, 5.41) is 1.77. The molecule has 1 aromatic carbocycles. The number of nitrogens with one attached hydrogen (secondary N) is 1. The van der Waals surface area contributed by atoms with Gasteiger partial charge in [-0.25, -0.2) is 5.01 Å². The fourth-order valence-corrected chi connectivity index (χ4v) is 0.886. The lowest BCUT2D eigenvalue weighted by Gasteiger charge is -2.12. The van der Waals surface area contributed by atoms with Crippen LogP contribution in [0, 0.1) is 6.07 Å². The van der Waals surface area contributed by atoms with Gasteiger partial charge in [0.1, 0.15) is 6.26 Å². The standard InChI is InChI=1S/C8H7N2O/c1-2-4-8(5-3-1)10-6-7-11-9-10/h2-7,9H. The smallest absolute Gasteiger partial charge is 0.131 e. The Kier molecular flexibility index (Phi) is 1.50. The molecular formula is C8H7N2O.